The second-order valence-corrected chi connectivity index (χ2v) is 5.90. The molecule has 1 aromatic carbocycles. The van der Waals surface area contributed by atoms with Gasteiger partial charge in [0.2, 0.25) is 5.91 Å². The van der Waals surface area contributed by atoms with E-state index < -0.39 is 0 Å². The van der Waals surface area contributed by atoms with Crippen LogP contribution in [0.4, 0.5) is 11.4 Å². The molecule has 5 heteroatoms. The molecule has 22 heavy (non-hydrogen) atoms. The van der Waals surface area contributed by atoms with E-state index in [0.717, 1.165) is 70.2 Å². The lowest BCUT2D eigenvalue weighted by Gasteiger charge is -2.27. The van der Waals surface area contributed by atoms with E-state index in [1.54, 1.807) is 0 Å². The summed E-state index contributed by atoms with van der Waals surface area (Å²) in [6.45, 7) is 6.41. The van der Waals surface area contributed by atoms with Gasteiger partial charge in [0.15, 0.2) is 0 Å². The van der Waals surface area contributed by atoms with Gasteiger partial charge in [0.1, 0.15) is 0 Å². The Morgan fingerprint density at radius 3 is 2.73 bits per heavy atom. The molecule has 0 atom stereocenters. The van der Waals surface area contributed by atoms with Gasteiger partial charge in [-0.15, -0.1) is 0 Å². The Hall–Kier alpha value is -1.59. The standard InChI is InChI=1S/C17H25N3O2/c21-17-7-8-18-15-5-1-2-6-16(15)20(17)10-4-3-9-19-11-13-22-14-12-19/h1-2,5-6,18H,3-4,7-14H2. The van der Waals surface area contributed by atoms with Gasteiger partial charge in [0.05, 0.1) is 24.6 Å². The third-order valence-electron chi connectivity index (χ3n) is 4.36. The second-order valence-electron chi connectivity index (χ2n) is 5.90. The molecule has 0 aromatic heterocycles. The van der Waals surface area contributed by atoms with Crippen molar-refractivity contribution in [1.82, 2.24) is 4.90 Å². The minimum absolute atomic E-state index is 0.226. The minimum Gasteiger partial charge on any atom is -0.383 e. The van der Waals surface area contributed by atoms with Crippen LogP contribution >= 0.6 is 0 Å². The van der Waals surface area contributed by atoms with Crippen molar-refractivity contribution in [3.05, 3.63) is 24.3 Å². The number of nitrogens with one attached hydrogen (secondary N) is 1. The summed E-state index contributed by atoms with van der Waals surface area (Å²) >= 11 is 0. The Kier molecular flexibility index (Phi) is 5.29. The molecule has 0 spiro atoms. The average Bonchev–Trinajstić information content (AvgIpc) is 2.71. The fourth-order valence-corrected chi connectivity index (χ4v) is 3.11. The summed E-state index contributed by atoms with van der Waals surface area (Å²) in [5.41, 5.74) is 2.10. The fourth-order valence-electron chi connectivity index (χ4n) is 3.11. The van der Waals surface area contributed by atoms with Crippen LogP contribution in [0.5, 0.6) is 0 Å². The molecule has 5 nitrogen and oxygen atoms in total. The Morgan fingerprint density at radius 2 is 1.86 bits per heavy atom. The minimum atomic E-state index is 0.226. The summed E-state index contributed by atoms with van der Waals surface area (Å²) in [5.74, 6) is 0.226. The molecule has 0 radical (unpaired) electrons. The number of morpholine rings is 1. The Morgan fingerprint density at radius 1 is 1.09 bits per heavy atom. The highest BCUT2D eigenvalue weighted by Gasteiger charge is 2.21. The zero-order chi connectivity index (χ0) is 15.2. The van der Waals surface area contributed by atoms with Gasteiger partial charge in [-0.05, 0) is 31.5 Å². The molecule has 120 valence electrons. The van der Waals surface area contributed by atoms with Crippen molar-refractivity contribution in [2.24, 2.45) is 0 Å². The molecule has 1 aromatic rings. The molecule has 0 aliphatic carbocycles. The van der Waals surface area contributed by atoms with Crippen molar-refractivity contribution in [1.29, 1.82) is 0 Å². The van der Waals surface area contributed by atoms with Crippen LogP contribution in [0.15, 0.2) is 24.3 Å². The van der Waals surface area contributed by atoms with Crippen LogP contribution in [0.2, 0.25) is 0 Å². The van der Waals surface area contributed by atoms with Crippen LogP contribution in [0.25, 0.3) is 0 Å². The van der Waals surface area contributed by atoms with E-state index in [1.807, 2.05) is 23.1 Å². The highest BCUT2D eigenvalue weighted by molar-refractivity contribution is 5.98. The van der Waals surface area contributed by atoms with Crippen molar-refractivity contribution in [3.63, 3.8) is 0 Å². The number of ether oxygens (including phenoxy) is 1. The lowest BCUT2D eigenvalue weighted by molar-refractivity contribution is -0.118. The number of carbonyl (C=O) groups is 1. The fraction of sp³-hybridized carbons (Fsp3) is 0.588. The third-order valence-corrected chi connectivity index (χ3v) is 4.36. The first-order chi connectivity index (χ1) is 10.8. The van der Waals surface area contributed by atoms with Crippen molar-refractivity contribution in [2.45, 2.75) is 19.3 Å². The van der Waals surface area contributed by atoms with Gasteiger partial charge >= 0.3 is 0 Å². The van der Waals surface area contributed by atoms with Crippen molar-refractivity contribution < 1.29 is 9.53 Å². The summed E-state index contributed by atoms with van der Waals surface area (Å²) in [7, 11) is 0. The summed E-state index contributed by atoms with van der Waals surface area (Å²) in [4.78, 5) is 16.7. The van der Waals surface area contributed by atoms with Crippen molar-refractivity contribution >= 4 is 17.3 Å². The van der Waals surface area contributed by atoms with E-state index in [0.29, 0.717) is 6.42 Å². The molecule has 3 rings (SSSR count). The normalized spacial score (nSPS) is 19.5. The lowest BCUT2D eigenvalue weighted by Crippen LogP contribution is -2.37. The number of benzene rings is 1. The molecule has 0 saturated carbocycles. The zero-order valence-corrected chi connectivity index (χ0v) is 13.1. The molecule has 2 aliphatic rings. The monoisotopic (exact) mass is 303 g/mol. The molecule has 1 fully saturated rings. The topological polar surface area (TPSA) is 44.8 Å². The van der Waals surface area contributed by atoms with Gasteiger partial charge in [-0.2, -0.15) is 0 Å². The molecule has 1 amide bonds. The number of nitrogens with zero attached hydrogens (tertiary/aromatic N) is 2. The van der Waals surface area contributed by atoms with Gasteiger partial charge < -0.3 is 15.0 Å². The Balaban J connectivity index is 1.53. The molecule has 1 saturated heterocycles. The van der Waals surface area contributed by atoms with Crippen LogP contribution < -0.4 is 10.2 Å². The van der Waals surface area contributed by atoms with Gasteiger partial charge in [-0.3, -0.25) is 9.69 Å². The smallest absolute Gasteiger partial charge is 0.228 e. The summed E-state index contributed by atoms with van der Waals surface area (Å²) < 4.78 is 5.37. The van der Waals surface area contributed by atoms with E-state index >= 15 is 0 Å². The van der Waals surface area contributed by atoms with Gasteiger partial charge in [-0.1, -0.05) is 12.1 Å². The molecular formula is C17H25N3O2. The number of amides is 1. The highest BCUT2D eigenvalue weighted by atomic mass is 16.5. The van der Waals surface area contributed by atoms with E-state index in [-0.39, 0.29) is 5.91 Å². The van der Waals surface area contributed by atoms with Gasteiger partial charge in [0.25, 0.3) is 0 Å². The lowest BCUT2D eigenvalue weighted by atomic mass is 10.2. The summed E-state index contributed by atoms with van der Waals surface area (Å²) in [6.07, 6.45) is 2.73. The van der Waals surface area contributed by atoms with Crippen LogP contribution in [0, 0.1) is 0 Å². The van der Waals surface area contributed by atoms with Crippen LogP contribution in [0.1, 0.15) is 19.3 Å². The first-order valence-electron chi connectivity index (χ1n) is 8.28. The number of unbranched alkanes of at least 4 members (excludes halogenated alkanes) is 1. The number of hydrogen-bond donors (Lipinski definition) is 1. The van der Waals surface area contributed by atoms with E-state index in [2.05, 4.69) is 16.3 Å². The number of para-hydroxylation sites is 2. The van der Waals surface area contributed by atoms with Gasteiger partial charge in [-0.25, -0.2) is 0 Å². The second kappa shape index (κ2) is 7.61. The number of anilines is 2. The summed E-state index contributed by atoms with van der Waals surface area (Å²) in [6, 6.07) is 8.10. The molecule has 1 N–H and O–H groups in total. The third kappa shape index (κ3) is 3.78. The summed E-state index contributed by atoms with van der Waals surface area (Å²) in [5, 5.41) is 3.34. The Labute approximate surface area is 132 Å². The molecule has 0 bridgehead atoms. The van der Waals surface area contributed by atoms with Crippen molar-refractivity contribution in [2.75, 3.05) is 56.2 Å². The quantitative estimate of drug-likeness (QED) is 0.845. The largest absolute Gasteiger partial charge is 0.383 e. The predicted molar refractivity (Wildman–Crippen MR) is 88.4 cm³/mol. The molecule has 2 aliphatic heterocycles. The zero-order valence-electron chi connectivity index (χ0n) is 13.1. The predicted octanol–water partition coefficient (Wildman–Crippen LogP) is 1.95. The average molecular weight is 303 g/mol. The number of carbonyl (C=O) groups excluding carboxylic acids is 1. The van der Waals surface area contributed by atoms with E-state index in [1.165, 1.54) is 0 Å². The SMILES string of the molecule is O=C1CCNc2ccccc2N1CCCCN1CCOCC1. The maximum absolute atomic E-state index is 12.3. The van der Waals surface area contributed by atoms with E-state index in [4.69, 9.17) is 4.74 Å². The molecular weight excluding hydrogens is 278 g/mol. The van der Waals surface area contributed by atoms with E-state index in [9.17, 15) is 4.79 Å². The maximum Gasteiger partial charge on any atom is 0.228 e. The maximum atomic E-state index is 12.3. The van der Waals surface area contributed by atoms with Gasteiger partial charge in [0, 0.05) is 32.6 Å². The van der Waals surface area contributed by atoms with Crippen molar-refractivity contribution in [3.8, 4) is 0 Å². The number of fused-ring (bicyclic) bond motifs is 1. The molecule has 0 unspecified atom stereocenters. The van der Waals surface area contributed by atoms with Crippen LogP contribution in [-0.4, -0.2) is 56.7 Å². The number of rotatable bonds is 5. The highest BCUT2D eigenvalue weighted by Crippen LogP contribution is 2.28. The van der Waals surface area contributed by atoms with Crippen LogP contribution in [0.3, 0.4) is 0 Å². The Bertz CT molecular complexity index is 500. The first kappa shape index (κ1) is 15.3. The number of hydrogen-bond acceptors (Lipinski definition) is 4. The molecule has 2 heterocycles. The van der Waals surface area contributed by atoms with Crippen LogP contribution in [-0.2, 0) is 9.53 Å². The first-order valence-corrected chi connectivity index (χ1v) is 8.28.